The van der Waals surface area contributed by atoms with E-state index in [0.717, 1.165) is 11.1 Å². The molecule has 0 saturated carbocycles. The summed E-state index contributed by atoms with van der Waals surface area (Å²) in [7, 11) is 0. The Morgan fingerprint density at radius 3 is 2.52 bits per heavy atom. The van der Waals surface area contributed by atoms with Crippen LogP contribution >= 0.6 is 11.6 Å². The summed E-state index contributed by atoms with van der Waals surface area (Å²) < 4.78 is 5.21. The van der Waals surface area contributed by atoms with Gasteiger partial charge in [0.2, 0.25) is 0 Å². The molecule has 3 aromatic rings. The molecule has 0 bridgehead atoms. The molecule has 0 saturated heterocycles. The number of amides is 2. The van der Waals surface area contributed by atoms with Crippen LogP contribution in [0.1, 0.15) is 27.0 Å². The quantitative estimate of drug-likeness (QED) is 0.410. The molecule has 0 aliphatic heterocycles. The number of rotatable bonds is 6. The molecule has 0 fully saturated rings. The van der Waals surface area contributed by atoms with Gasteiger partial charge in [-0.1, -0.05) is 59.8 Å². The summed E-state index contributed by atoms with van der Waals surface area (Å²) in [5.41, 5.74) is 8.85. The largest absolute Gasteiger partial charge is 0.444 e. The van der Waals surface area contributed by atoms with Gasteiger partial charge in [0, 0.05) is 28.4 Å². The molecular weight excluding hydrogens is 442 g/mol. The zero-order chi connectivity index (χ0) is 23.6. The van der Waals surface area contributed by atoms with Gasteiger partial charge in [-0.2, -0.15) is 0 Å². The van der Waals surface area contributed by atoms with Crippen molar-refractivity contribution < 1.29 is 19.4 Å². The number of hydrogen-bond acceptors (Lipinski definition) is 5. The fraction of sp³-hybridized carbons (Fsp3) is 0.120. The molecule has 5 N–H and O–H groups in total. The van der Waals surface area contributed by atoms with Gasteiger partial charge in [0.15, 0.2) is 0 Å². The van der Waals surface area contributed by atoms with Crippen molar-refractivity contribution in [3.8, 4) is 11.8 Å². The van der Waals surface area contributed by atoms with Crippen LogP contribution < -0.4 is 16.4 Å². The Morgan fingerprint density at radius 2 is 1.79 bits per heavy atom. The zero-order valence-corrected chi connectivity index (χ0v) is 18.4. The van der Waals surface area contributed by atoms with Crippen molar-refractivity contribution in [2.24, 2.45) is 5.73 Å². The number of ether oxygens (including phenoxy) is 1. The first-order chi connectivity index (χ1) is 16.0. The minimum Gasteiger partial charge on any atom is -0.444 e. The van der Waals surface area contributed by atoms with Crippen LogP contribution in [0.4, 0.5) is 16.2 Å². The second-order valence-corrected chi connectivity index (χ2v) is 7.35. The summed E-state index contributed by atoms with van der Waals surface area (Å²) >= 11 is 6.16. The Kier molecular flexibility index (Phi) is 8.44. The molecule has 0 unspecified atom stereocenters. The van der Waals surface area contributed by atoms with Crippen LogP contribution in [0.3, 0.4) is 0 Å². The molecule has 3 rings (SSSR count). The highest BCUT2D eigenvalue weighted by Gasteiger charge is 2.13. The molecule has 0 aliphatic carbocycles. The molecule has 8 heteroatoms. The van der Waals surface area contributed by atoms with Crippen LogP contribution in [0.15, 0.2) is 66.7 Å². The summed E-state index contributed by atoms with van der Waals surface area (Å²) in [5, 5.41) is 14.6. The van der Waals surface area contributed by atoms with Crippen molar-refractivity contribution >= 4 is 35.0 Å². The number of aliphatic hydroxyl groups excluding tert-OH is 1. The molecule has 0 radical (unpaired) electrons. The molecule has 0 aliphatic rings. The smallest absolute Gasteiger partial charge is 0.411 e. The minimum atomic E-state index is -0.676. The predicted octanol–water partition coefficient (Wildman–Crippen LogP) is 4.14. The number of carbonyl (C=O) groups is 2. The lowest BCUT2D eigenvalue weighted by Gasteiger charge is -2.12. The van der Waals surface area contributed by atoms with E-state index >= 15 is 0 Å². The standard InChI is InChI=1S/C25H22ClN3O4/c26-21-12-20(13-22(14-21)28-25(32)33-16-17-5-2-1-3-6-17)24(31)29-23-11-18(15-27)8-9-19(23)7-4-10-30/h1-3,5-6,8-9,11-14,30H,10,15-16,27H2,(H,28,32)(H,29,31). The van der Waals surface area contributed by atoms with Gasteiger partial charge in [0.25, 0.3) is 5.91 Å². The normalized spacial score (nSPS) is 10.0. The Hall–Kier alpha value is -3.83. The first kappa shape index (κ1) is 23.8. The monoisotopic (exact) mass is 463 g/mol. The lowest BCUT2D eigenvalue weighted by molar-refractivity contribution is 0.102. The van der Waals surface area contributed by atoms with E-state index in [9.17, 15) is 9.59 Å². The second-order valence-electron chi connectivity index (χ2n) is 6.91. The maximum Gasteiger partial charge on any atom is 0.411 e. The summed E-state index contributed by atoms with van der Waals surface area (Å²) in [6.07, 6.45) is -0.676. The third-order valence-electron chi connectivity index (χ3n) is 4.49. The lowest BCUT2D eigenvalue weighted by Crippen LogP contribution is -2.16. The SMILES string of the molecule is NCc1ccc(C#CCO)c(NC(=O)c2cc(Cl)cc(NC(=O)OCc3ccccc3)c2)c1. The first-order valence-corrected chi connectivity index (χ1v) is 10.4. The number of nitrogens with two attached hydrogens (primary N) is 1. The van der Waals surface area contributed by atoms with Gasteiger partial charge in [0.1, 0.15) is 13.2 Å². The number of halogens is 1. The molecule has 2 amide bonds. The fourth-order valence-electron chi connectivity index (χ4n) is 2.93. The molecule has 168 valence electrons. The van der Waals surface area contributed by atoms with Crippen LogP contribution in [0.2, 0.25) is 5.02 Å². The predicted molar refractivity (Wildman–Crippen MR) is 128 cm³/mol. The minimum absolute atomic E-state index is 0.107. The van der Waals surface area contributed by atoms with Gasteiger partial charge < -0.3 is 20.9 Å². The Balaban J connectivity index is 1.73. The van der Waals surface area contributed by atoms with E-state index in [1.165, 1.54) is 18.2 Å². The second kappa shape index (κ2) is 11.7. The summed E-state index contributed by atoms with van der Waals surface area (Å²) in [6.45, 7) is 0.0817. The van der Waals surface area contributed by atoms with Crippen molar-refractivity contribution in [1.82, 2.24) is 0 Å². The van der Waals surface area contributed by atoms with Crippen molar-refractivity contribution in [1.29, 1.82) is 0 Å². The Bertz CT molecular complexity index is 1200. The summed E-state index contributed by atoms with van der Waals surface area (Å²) in [6, 6.07) is 18.9. The van der Waals surface area contributed by atoms with Crippen molar-refractivity contribution in [2.45, 2.75) is 13.2 Å². The third-order valence-corrected chi connectivity index (χ3v) is 4.71. The van der Waals surface area contributed by atoms with Gasteiger partial charge in [-0.25, -0.2) is 4.79 Å². The summed E-state index contributed by atoms with van der Waals surface area (Å²) in [4.78, 5) is 25.1. The Morgan fingerprint density at radius 1 is 1.00 bits per heavy atom. The lowest BCUT2D eigenvalue weighted by atomic mass is 10.1. The van der Waals surface area contributed by atoms with Gasteiger partial charge in [0.05, 0.1) is 5.69 Å². The van der Waals surface area contributed by atoms with Crippen molar-refractivity contribution in [3.63, 3.8) is 0 Å². The average Bonchev–Trinajstić information content (AvgIpc) is 2.82. The highest BCUT2D eigenvalue weighted by atomic mass is 35.5. The number of aliphatic hydroxyl groups is 1. The van der Waals surface area contributed by atoms with Gasteiger partial charge in [-0.3, -0.25) is 10.1 Å². The average molecular weight is 464 g/mol. The maximum atomic E-state index is 12.9. The zero-order valence-electron chi connectivity index (χ0n) is 17.6. The fourth-order valence-corrected chi connectivity index (χ4v) is 3.17. The van der Waals surface area contributed by atoms with Crippen LogP contribution in [0, 0.1) is 11.8 Å². The van der Waals surface area contributed by atoms with E-state index < -0.39 is 12.0 Å². The molecule has 0 heterocycles. The summed E-state index contributed by atoms with van der Waals surface area (Å²) in [5.74, 6) is 4.89. The van der Waals surface area contributed by atoms with Crippen LogP contribution in [-0.2, 0) is 17.9 Å². The molecule has 0 spiro atoms. The highest BCUT2D eigenvalue weighted by Crippen LogP contribution is 2.22. The molecule has 3 aromatic carbocycles. The van der Waals surface area contributed by atoms with Crippen LogP contribution in [0.5, 0.6) is 0 Å². The van der Waals surface area contributed by atoms with Crippen LogP contribution in [0.25, 0.3) is 0 Å². The third kappa shape index (κ3) is 7.09. The molecule has 33 heavy (non-hydrogen) atoms. The first-order valence-electron chi connectivity index (χ1n) is 10.0. The van der Waals surface area contributed by atoms with E-state index in [4.69, 9.17) is 27.2 Å². The van der Waals surface area contributed by atoms with Crippen molar-refractivity contribution in [2.75, 3.05) is 17.2 Å². The highest BCUT2D eigenvalue weighted by molar-refractivity contribution is 6.31. The van der Waals surface area contributed by atoms with E-state index in [-0.39, 0.29) is 30.3 Å². The number of hydrogen-bond donors (Lipinski definition) is 4. The molecule has 0 atom stereocenters. The van der Waals surface area contributed by atoms with E-state index in [2.05, 4.69) is 22.5 Å². The topological polar surface area (TPSA) is 114 Å². The number of nitrogens with one attached hydrogen (secondary N) is 2. The van der Waals surface area contributed by atoms with Gasteiger partial charge >= 0.3 is 6.09 Å². The number of carbonyl (C=O) groups excluding carboxylic acids is 2. The van der Waals surface area contributed by atoms with E-state index in [0.29, 0.717) is 16.9 Å². The molecular formula is C25H22ClN3O4. The van der Waals surface area contributed by atoms with Gasteiger partial charge in [-0.05, 0) is 41.5 Å². The molecule has 7 nitrogen and oxygen atoms in total. The maximum absolute atomic E-state index is 12.9. The van der Waals surface area contributed by atoms with Crippen molar-refractivity contribution in [3.05, 3.63) is 94.0 Å². The van der Waals surface area contributed by atoms with E-state index in [1.54, 1.807) is 18.2 Å². The number of benzene rings is 3. The van der Waals surface area contributed by atoms with Crippen LogP contribution in [-0.4, -0.2) is 23.7 Å². The Labute approximate surface area is 196 Å². The van der Waals surface area contributed by atoms with E-state index in [1.807, 2.05) is 30.3 Å². The number of anilines is 2. The molecule has 0 aromatic heterocycles. The van der Waals surface area contributed by atoms with Gasteiger partial charge in [-0.15, -0.1) is 0 Å².